The fourth-order valence-corrected chi connectivity index (χ4v) is 3.19. The lowest BCUT2D eigenvalue weighted by Gasteiger charge is -2.10. The molecular weight excluding hydrogens is 296 g/mol. The molecule has 2 N–H and O–H groups in total. The SMILES string of the molecule is CCCNCCCCS(=O)(=O)Nc1cc(C)ccc1Cl. The van der Waals surface area contributed by atoms with E-state index in [1.165, 1.54) is 0 Å². The first-order chi connectivity index (χ1) is 9.44. The van der Waals surface area contributed by atoms with Gasteiger partial charge in [0.05, 0.1) is 16.5 Å². The maximum atomic E-state index is 12.0. The second kappa shape index (κ2) is 8.49. The van der Waals surface area contributed by atoms with Crippen molar-refractivity contribution in [1.29, 1.82) is 0 Å². The number of rotatable bonds is 9. The summed E-state index contributed by atoms with van der Waals surface area (Å²) >= 11 is 5.98. The van der Waals surface area contributed by atoms with Gasteiger partial charge in [0.15, 0.2) is 0 Å². The summed E-state index contributed by atoms with van der Waals surface area (Å²) in [6.07, 6.45) is 2.57. The van der Waals surface area contributed by atoms with Crippen molar-refractivity contribution in [2.75, 3.05) is 23.6 Å². The van der Waals surface area contributed by atoms with Crippen LogP contribution in [0.3, 0.4) is 0 Å². The molecule has 0 fully saturated rings. The molecule has 0 aliphatic rings. The minimum absolute atomic E-state index is 0.116. The Bertz CT molecular complexity index is 518. The zero-order chi connectivity index (χ0) is 15.0. The van der Waals surface area contributed by atoms with Crippen molar-refractivity contribution >= 4 is 27.3 Å². The highest BCUT2D eigenvalue weighted by Gasteiger charge is 2.12. The van der Waals surface area contributed by atoms with E-state index >= 15 is 0 Å². The average Bonchev–Trinajstić information content (AvgIpc) is 2.38. The third kappa shape index (κ3) is 6.59. The van der Waals surface area contributed by atoms with Gasteiger partial charge in [-0.15, -0.1) is 0 Å². The zero-order valence-electron chi connectivity index (χ0n) is 12.1. The van der Waals surface area contributed by atoms with Gasteiger partial charge < -0.3 is 5.32 Å². The predicted octanol–water partition coefficient (Wildman–Crippen LogP) is 3.17. The van der Waals surface area contributed by atoms with Crippen LogP contribution in [0.25, 0.3) is 0 Å². The van der Waals surface area contributed by atoms with Crippen LogP contribution >= 0.6 is 11.6 Å². The maximum Gasteiger partial charge on any atom is 0.232 e. The molecule has 0 aliphatic heterocycles. The molecule has 0 bridgehead atoms. The minimum Gasteiger partial charge on any atom is -0.317 e. The van der Waals surface area contributed by atoms with Crippen molar-refractivity contribution in [1.82, 2.24) is 5.32 Å². The van der Waals surface area contributed by atoms with E-state index in [1.54, 1.807) is 12.1 Å². The fourth-order valence-electron chi connectivity index (χ4n) is 1.78. The van der Waals surface area contributed by atoms with Gasteiger partial charge in [0, 0.05) is 0 Å². The highest BCUT2D eigenvalue weighted by Crippen LogP contribution is 2.23. The maximum absolute atomic E-state index is 12.0. The molecule has 114 valence electrons. The smallest absolute Gasteiger partial charge is 0.232 e. The summed E-state index contributed by atoms with van der Waals surface area (Å²) in [5.74, 6) is 0.116. The molecular formula is C14H23ClN2O2S. The Morgan fingerprint density at radius 1 is 1.20 bits per heavy atom. The van der Waals surface area contributed by atoms with Crippen molar-refractivity contribution in [3.63, 3.8) is 0 Å². The van der Waals surface area contributed by atoms with Crippen LogP contribution in [0.1, 0.15) is 31.7 Å². The third-order valence-electron chi connectivity index (χ3n) is 2.83. The van der Waals surface area contributed by atoms with Gasteiger partial charge in [0.25, 0.3) is 0 Å². The summed E-state index contributed by atoms with van der Waals surface area (Å²) in [5, 5.41) is 3.67. The largest absolute Gasteiger partial charge is 0.317 e. The molecule has 0 spiro atoms. The van der Waals surface area contributed by atoms with Gasteiger partial charge in [-0.2, -0.15) is 0 Å². The fraction of sp³-hybridized carbons (Fsp3) is 0.571. The predicted molar refractivity (Wildman–Crippen MR) is 86.0 cm³/mol. The topological polar surface area (TPSA) is 58.2 Å². The summed E-state index contributed by atoms with van der Waals surface area (Å²) in [6.45, 7) is 5.83. The molecule has 0 saturated carbocycles. The monoisotopic (exact) mass is 318 g/mol. The lowest BCUT2D eigenvalue weighted by molar-refractivity contribution is 0.590. The standard InChI is InChI=1S/C14H23ClN2O2S/c1-3-8-16-9-4-5-10-20(18,19)17-14-11-12(2)6-7-13(14)15/h6-7,11,16-17H,3-5,8-10H2,1-2H3. The summed E-state index contributed by atoms with van der Waals surface area (Å²) in [6, 6.07) is 5.28. The van der Waals surface area contributed by atoms with Crippen LogP contribution in [0.2, 0.25) is 5.02 Å². The van der Waals surface area contributed by atoms with Gasteiger partial charge in [0.2, 0.25) is 10.0 Å². The van der Waals surface area contributed by atoms with Crippen molar-refractivity contribution in [3.8, 4) is 0 Å². The Labute approximate surface area is 127 Å². The molecule has 0 radical (unpaired) electrons. The third-order valence-corrected chi connectivity index (χ3v) is 4.52. The molecule has 0 unspecified atom stereocenters. The highest BCUT2D eigenvalue weighted by molar-refractivity contribution is 7.92. The Morgan fingerprint density at radius 3 is 2.65 bits per heavy atom. The number of benzene rings is 1. The summed E-state index contributed by atoms with van der Waals surface area (Å²) in [5.41, 5.74) is 1.42. The number of halogens is 1. The molecule has 0 aliphatic carbocycles. The summed E-state index contributed by atoms with van der Waals surface area (Å²) in [4.78, 5) is 0. The van der Waals surface area contributed by atoms with Gasteiger partial charge in [-0.1, -0.05) is 24.6 Å². The molecule has 4 nitrogen and oxygen atoms in total. The van der Waals surface area contributed by atoms with Crippen LogP contribution in [0, 0.1) is 6.92 Å². The van der Waals surface area contributed by atoms with E-state index in [2.05, 4.69) is 17.0 Å². The van der Waals surface area contributed by atoms with Crippen LogP contribution in [0.4, 0.5) is 5.69 Å². The van der Waals surface area contributed by atoms with E-state index in [9.17, 15) is 8.42 Å². The van der Waals surface area contributed by atoms with E-state index in [0.717, 1.165) is 31.5 Å². The number of sulfonamides is 1. The first-order valence-electron chi connectivity index (χ1n) is 6.92. The van der Waals surface area contributed by atoms with Gasteiger partial charge in [0.1, 0.15) is 0 Å². The van der Waals surface area contributed by atoms with Crippen molar-refractivity contribution in [3.05, 3.63) is 28.8 Å². The van der Waals surface area contributed by atoms with E-state index in [-0.39, 0.29) is 5.75 Å². The molecule has 0 heterocycles. The molecule has 1 aromatic rings. The van der Waals surface area contributed by atoms with Crippen LogP contribution in [0.5, 0.6) is 0 Å². The Morgan fingerprint density at radius 2 is 1.95 bits per heavy atom. The summed E-state index contributed by atoms with van der Waals surface area (Å²) in [7, 11) is -3.33. The molecule has 0 atom stereocenters. The Hall–Kier alpha value is -0.780. The lowest BCUT2D eigenvalue weighted by Crippen LogP contribution is -2.20. The molecule has 20 heavy (non-hydrogen) atoms. The Balaban J connectivity index is 2.43. The van der Waals surface area contributed by atoms with Crippen molar-refractivity contribution in [2.24, 2.45) is 0 Å². The van der Waals surface area contributed by atoms with Crippen molar-refractivity contribution in [2.45, 2.75) is 33.1 Å². The lowest BCUT2D eigenvalue weighted by atomic mass is 10.2. The zero-order valence-corrected chi connectivity index (χ0v) is 13.6. The van der Waals surface area contributed by atoms with Crippen molar-refractivity contribution < 1.29 is 8.42 Å². The van der Waals surface area contributed by atoms with E-state index in [4.69, 9.17) is 11.6 Å². The second-order valence-corrected chi connectivity index (χ2v) is 7.11. The number of unbranched alkanes of at least 4 members (excludes halogenated alkanes) is 1. The van der Waals surface area contributed by atoms with Gasteiger partial charge >= 0.3 is 0 Å². The average molecular weight is 319 g/mol. The Kier molecular flexibility index (Phi) is 7.34. The molecule has 6 heteroatoms. The normalized spacial score (nSPS) is 11.6. The van der Waals surface area contributed by atoms with E-state index < -0.39 is 10.0 Å². The quantitative estimate of drug-likeness (QED) is 0.688. The molecule has 0 amide bonds. The molecule has 1 rings (SSSR count). The number of nitrogens with one attached hydrogen (secondary N) is 2. The van der Waals surface area contributed by atoms with Gasteiger partial charge in [-0.25, -0.2) is 8.42 Å². The van der Waals surface area contributed by atoms with Crippen LogP contribution in [-0.2, 0) is 10.0 Å². The minimum atomic E-state index is -3.33. The number of anilines is 1. The second-order valence-electron chi connectivity index (χ2n) is 4.86. The number of aryl methyl sites for hydroxylation is 1. The highest BCUT2D eigenvalue weighted by atomic mass is 35.5. The van der Waals surface area contributed by atoms with Gasteiger partial charge in [-0.05, 0) is 57.0 Å². The number of hydrogen-bond acceptors (Lipinski definition) is 3. The van der Waals surface area contributed by atoms with E-state index in [0.29, 0.717) is 17.1 Å². The first kappa shape index (κ1) is 17.3. The number of hydrogen-bond donors (Lipinski definition) is 2. The summed E-state index contributed by atoms with van der Waals surface area (Å²) < 4.78 is 26.5. The van der Waals surface area contributed by atoms with Crippen LogP contribution in [-0.4, -0.2) is 27.3 Å². The van der Waals surface area contributed by atoms with Crippen LogP contribution in [0.15, 0.2) is 18.2 Å². The molecule has 0 saturated heterocycles. The van der Waals surface area contributed by atoms with E-state index in [1.807, 2.05) is 13.0 Å². The molecule has 0 aromatic heterocycles. The molecule has 1 aromatic carbocycles. The first-order valence-corrected chi connectivity index (χ1v) is 8.95. The van der Waals surface area contributed by atoms with Gasteiger partial charge in [-0.3, -0.25) is 4.72 Å². The van der Waals surface area contributed by atoms with Crippen LogP contribution < -0.4 is 10.0 Å².